The van der Waals surface area contributed by atoms with Gasteiger partial charge < -0.3 is 20.1 Å². The Morgan fingerprint density at radius 2 is 2.12 bits per heavy atom. The van der Waals surface area contributed by atoms with Crippen LogP contribution in [0.2, 0.25) is 0 Å². The topological polar surface area (TPSA) is 44.7 Å². The normalized spacial score (nSPS) is 12.2. The predicted octanol–water partition coefficient (Wildman–Crippen LogP) is 0.712. The number of anilines is 1. The number of nitrogens with zero attached hydrogens (tertiary/aromatic N) is 1. The zero-order valence-corrected chi connectivity index (χ0v) is 10.1. The van der Waals surface area contributed by atoms with Crippen molar-refractivity contribution in [2.24, 2.45) is 0 Å². The predicted molar refractivity (Wildman–Crippen MR) is 66.2 cm³/mol. The molecule has 0 saturated heterocycles. The van der Waals surface area contributed by atoms with Gasteiger partial charge in [-0.2, -0.15) is 0 Å². The molecule has 0 heterocycles. The highest BCUT2D eigenvalue weighted by Gasteiger charge is 2.11. The van der Waals surface area contributed by atoms with Gasteiger partial charge in [0.2, 0.25) is 0 Å². The monoisotopic (exact) mass is 224 g/mol. The zero-order valence-electron chi connectivity index (χ0n) is 10.1. The highest BCUT2D eigenvalue weighted by Crippen LogP contribution is 2.26. The lowest BCUT2D eigenvalue weighted by Crippen LogP contribution is -2.40. The lowest BCUT2D eigenvalue weighted by molar-refractivity contribution is 0.250. The van der Waals surface area contributed by atoms with Crippen LogP contribution in [0.15, 0.2) is 24.3 Å². The van der Waals surface area contributed by atoms with Crippen molar-refractivity contribution in [2.45, 2.75) is 6.04 Å². The molecular weight excluding hydrogens is 204 g/mol. The summed E-state index contributed by atoms with van der Waals surface area (Å²) in [7, 11) is 5.49. The lowest BCUT2D eigenvalue weighted by atomic mass is 10.2. The van der Waals surface area contributed by atoms with Crippen LogP contribution in [-0.2, 0) is 0 Å². The third-order valence-corrected chi connectivity index (χ3v) is 2.62. The summed E-state index contributed by atoms with van der Waals surface area (Å²) >= 11 is 0. The average molecular weight is 224 g/mol. The molecule has 90 valence electrons. The maximum absolute atomic E-state index is 9.13. The first-order chi connectivity index (χ1) is 7.72. The molecule has 0 bridgehead atoms. The molecule has 0 fully saturated rings. The van der Waals surface area contributed by atoms with Crippen molar-refractivity contribution in [1.82, 2.24) is 5.32 Å². The van der Waals surface area contributed by atoms with E-state index < -0.39 is 0 Å². The van der Waals surface area contributed by atoms with Crippen LogP contribution in [0.3, 0.4) is 0 Å². The summed E-state index contributed by atoms with van der Waals surface area (Å²) in [6.07, 6.45) is 0. The molecule has 1 unspecified atom stereocenters. The number of ether oxygens (including phenoxy) is 1. The van der Waals surface area contributed by atoms with Crippen LogP contribution in [0.25, 0.3) is 0 Å². The van der Waals surface area contributed by atoms with Crippen LogP contribution in [0.4, 0.5) is 5.69 Å². The molecular formula is C12H20N2O2. The van der Waals surface area contributed by atoms with E-state index in [1.54, 1.807) is 7.11 Å². The van der Waals surface area contributed by atoms with Gasteiger partial charge in [0.05, 0.1) is 19.4 Å². The number of nitrogens with one attached hydrogen (secondary N) is 1. The second kappa shape index (κ2) is 6.35. The van der Waals surface area contributed by atoms with Crippen molar-refractivity contribution in [3.05, 3.63) is 24.3 Å². The maximum Gasteiger partial charge on any atom is 0.142 e. The summed E-state index contributed by atoms with van der Waals surface area (Å²) in [5, 5.41) is 12.2. The van der Waals surface area contributed by atoms with Gasteiger partial charge in [-0.05, 0) is 19.2 Å². The smallest absolute Gasteiger partial charge is 0.142 e. The molecule has 0 radical (unpaired) electrons. The Labute approximate surface area is 96.8 Å². The van der Waals surface area contributed by atoms with E-state index in [2.05, 4.69) is 10.2 Å². The number of likely N-dealkylation sites (N-methyl/N-ethyl adjacent to an activating group) is 2. The molecule has 0 aliphatic carbocycles. The molecule has 0 aliphatic rings. The summed E-state index contributed by atoms with van der Waals surface area (Å²) < 4.78 is 5.29. The molecule has 0 aromatic heterocycles. The first kappa shape index (κ1) is 12.8. The number of hydrogen-bond acceptors (Lipinski definition) is 4. The quantitative estimate of drug-likeness (QED) is 0.747. The van der Waals surface area contributed by atoms with Gasteiger partial charge in [0.25, 0.3) is 0 Å². The highest BCUT2D eigenvalue weighted by atomic mass is 16.5. The van der Waals surface area contributed by atoms with E-state index in [0.29, 0.717) is 0 Å². The molecule has 0 amide bonds. The Morgan fingerprint density at radius 3 is 2.69 bits per heavy atom. The van der Waals surface area contributed by atoms with Crippen LogP contribution in [-0.4, -0.2) is 45.5 Å². The molecule has 4 heteroatoms. The third-order valence-electron chi connectivity index (χ3n) is 2.62. The van der Waals surface area contributed by atoms with E-state index in [4.69, 9.17) is 9.84 Å². The van der Waals surface area contributed by atoms with E-state index in [0.717, 1.165) is 18.0 Å². The van der Waals surface area contributed by atoms with Crippen LogP contribution in [0.1, 0.15) is 0 Å². The average Bonchev–Trinajstić information content (AvgIpc) is 2.35. The number of rotatable bonds is 6. The number of hydrogen-bond donors (Lipinski definition) is 2. The minimum atomic E-state index is 0.0647. The van der Waals surface area contributed by atoms with Crippen molar-refractivity contribution in [3.63, 3.8) is 0 Å². The molecule has 1 aromatic rings. The van der Waals surface area contributed by atoms with Crippen molar-refractivity contribution >= 4 is 5.69 Å². The minimum Gasteiger partial charge on any atom is -0.495 e. The lowest BCUT2D eigenvalue weighted by Gasteiger charge is -2.25. The highest BCUT2D eigenvalue weighted by molar-refractivity contribution is 5.57. The molecule has 0 spiro atoms. The minimum absolute atomic E-state index is 0.0647. The first-order valence-electron chi connectivity index (χ1n) is 5.35. The van der Waals surface area contributed by atoms with Gasteiger partial charge in [-0.25, -0.2) is 0 Å². The number of benzene rings is 1. The molecule has 2 N–H and O–H groups in total. The SMILES string of the molecule is CNC(CO)CN(C)c1ccccc1OC. The summed E-state index contributed by atoms with van der Waals surface area (Å²) in [6, 6.07) is 7.91. The Hall–Kier alpha value is -1.26. The van der Waals surface area contributed by atoms with Crippen molar-refractivity contribution in [2.75, 3.05) is 39.3 Å². The van der Waals surface area contributed by atoms with Gasteiger partial charge in [-0.15, -0.1) is 0 Å². The van der Waals surface area contributed by atoms with E-state index in [-0.39, 0.29) is 12.6 Å². The van der Waals surface area contributed by atoms with Gasteiger partial charge >= 0.3 is 0 Å². The van der Waals surface area contributed by atoms with Crippen LogP contribution < -0.4 is 15.0 Å². The van der Waals surface area contributed by atoms with Gasteiger partial charge in [-0.1, -0.05) is 12.1 Å². The van der Waals surface area contributed by atoms with E-state index in [9.17, 15) is 0 Å². The standard InChI is InChI=1S/C12H20N2O2/c1-13-10(9-15)8-14(2)11-6-4-5-7-12(11)16-3/h4-7,10,13,15H,8-9H2,1-3H3. The molecule has 4 nitrogen and oxygen atoms in total. The largest absolute Gasteiger partial charge is 0.495 e. The second-order valence-corrected chi connectivity index (χ2v) is 3.72. The second-order valence-electron chi connectivity index (χ2n) is 3.72. The molecule has 0 aliphatic heterocycles. The summed E-state index contributed by atoms with van der Waals surface area (Å²) in [5.74, 6) is 0.845. The zero-order chi connectivity index (χ0) is 12.0. The van der Waals surface area contributed by atoms with E-state index in [1.165, 1.54) is 0 Å². The Bertz CT molecular complexity index is 314. The van der Waals surface area contributed by atoms with Crippen molar-refractivity contribution in [1.29, 1.82) is 0 Å². The Balaban J connectivity index is 2.75. The fourth-order valence-corrected chi connectivity index (χ4v) is 1.61. The molecule has 1 atom stereocenters. The molecule has 1 rings (SSSR count). The molecule has 0 saturated carbocycles. The van der Waals surface area contributed by atoms with Crippen LogP contribution >= 0.6 is 0 Å². The summed E-state index contributed by atoms with van der Waals surface area (Å²) in [6.45, 7) is 0.851. The van der Waals surface area contributed by atoms with Gasteiger partial charge in [0.15, 0.2) is 0 Å². The van der Waals surface area contributed by atoms with Gasteiger partial charge in [-0.3, -0.25) is 0 Å². The summed E-state index contributed by atoms with van der Waals surface area (Å²) in [4.78, 5) is 2.07. The number of aliphatic hydroxyl groups excluding tert-OH is 1. The van der Waals surface area contributed by atoms with E-state index in [1.807, 2.05) is 38.4 Å². The fourth-order valence-electron chi connectivity index (χ4n) is 1.61. The molecule has 16 heavy (non-hydrogen) atoms. The third kappa shape index (κ3) is 3.12. The Kier molecular flexibility index (Phi) is 5.08. The van der Waals surface area contributed by atoms with Crippen LogP contribution in [0, 0.1) is 0 Å². The van der Waals surface area contributed by atoms with Crippen molar-refractivity contribution in [3.8, 4) is 5.75 Å². The van der Waals surface area contributed by atoms with Crippen LogP contribution in [0.5, 0.6) is 5.75 Å². The van der Waals surface area contributed by atoms with E-state index >= 15 is 0 Å². The fraction of sp³-hybridized carbons (Fsp3) is 0.500. The Morgan fingerprint density at radius 1 is 1.44 bits per heavy atom. The van der Waals surface area contributed by atoms with Gasteiger partial charge in [0, 0.05) is 19.6 Å². The molecule has 1 aromatic carbocycles. The van der Waals surface area contributed by atoms with Crippen molar-refractivity contribution < 1.29 is 9.84 Å². The number of para-hydroxylation sites is 2. The maximum atomic E-state index is 9.13. The number of methoxy groups -OCH3 is 1. The van der Waals surface area contributed by atoms with Gasteiger partial charge in [0.1, 0.15) is 5.75 Å². The first-order valence-corrected chi connectivity index (χ1v) is 5.35. The number of aliphatic hydroxyl groups is 1. The summed E-state index contributed by atoms with van der Waals surface area (Å²) in [5.41, 5.74) is 1.03.